The predicted octanol–water partition coefficient (Wildman–Crippen LogP) is 3.64. The molecular formula is C24H21N3O4S. The summed E-state index contributed by atoms with van der Waals surface area (Å²) >= 11 is 0. The SMILES string of the molecule is COc1ccc(-c2cncc3ccc(C(=O)NCc4ccc(S(C)(=O)=O)cc4)nc23)cc1. The lowest BCUT2D eigenvalue weighted by molar-refractivity contribution is 0.0946. The van der Waals surface area contributed by atoms with E-state index in [0.717, 1.165) is 34.1 Å². The van der Waals surface area contributed by atoms with E-state index in [1.54, 1.807) is 37.7 Å². The molecule has 8 heteroatoms. The molecule has 2 aromatic heterocycles. The van der Waals surface area contributed by atoms with E-state index in [2.05, 4.69) is 15.3 Å². The number of rotatable bonds is 6. The summed E-state index contributed by atoms with van der Waals surface area (Å²) in [6.45, 7) is 0.254. The molecule has 0 unspecified atom stereocenters. The third kappa shape index (κ3) is 4.60. The molecule has 2 heterocycles. The first-order valence-electron chi connectivity index (χ1n) is 9.81. The monoisotopic (exact) mass is 447 g/mol. The Labute approximate surface area is 186 Å². The number of fused-ring (bicyclic) bond motifs is 1. The number of hydrogen-bond acceptors (Lipinski definition) is 6. The van der Waals surface area contributed by atoms with Gasteiger partial charge in [-0.3, -0.25) is 9.78 Å². The molecule has 1 N–H and O–H groups in total. The Bertz CT molecular complexity index is 1380. The van der Waals surface area contributed by atoms with Crippen LogP contribution < -0.4 is 10.1 Å². The number of ether oxygens (including phenoxy) is 1. The Morgan fingerprint density at radius 1 is 0.969 bits per heavy atom. The summed E-state index contributed by atoms with van der Waals surface area (Å²) in [5.74, 6) is 0.427. The second kappa shape index (κ2) is 8.76. The molecule has 162 valence electrons. The van der Waals surface area contributed by atoms with E-state index < -0.39 is 9.84 Å². The third-order valence-corrected chi connectivity index (χ3v) is 6.17. The molecule has 0 saturated carbocycles. The number of carbonyl (C=O) groups excluding carboxylic acids is 1. The fourth-order valence-electron chi connectivity index (χ4n) is 3.28. The molecule has 0 bridgehead atoms. The number of methoxy groups -OCH3 is 1. The van der Waals surface area contributed by atoms with Crippen LogP contribution in [0.4, 0.5) is 0 Å². The highest BCUT2D eigenvalue weighted by atomic mass is 32.2. The van der Waals surface area contributed by atoms with E-state index >= 15 is 0 Å². The molecule has 2 aromatic carbocycles. The summed E-state index contributed by atoms with van der Waals surface area (Å²) in [5, 5.41) is 3.65. The number of sulfone groups is 1. The Balaban J connectivity index is 1.57. The quantitative estimate of drug-likeness (QED) is 0.485. The summed E-state index contributed by atoms with van der Waals surface area (Å²) < 4.78 is 28.4. The van der Waals surface area contributed by atoms with Crippen molar-refractivity contribution in [1.82, 2.24) is 15.3 Å². The van der Waals surface area contributed by atoms with Crippen LogP contribution in [-0.2, 0) is 16.4 Å². The molecule has 0 aliphatic heterocycles. The number of hydrogen-bond donors (Lipinski definition) is 1. The van der Waals surface area contributed by atoms with Crippen molar-refractivity contribution in [1.29, 1.82) is 0 Å². The molecule has 1 amide bonds. The standard InChI is InChI=1S/C24H21N3O4S/c1-31-19-8-5-17(6-9-19)21-15-25-14-18-7-12-22(27-23(18)21)24(28)26-13-16-3-10-20(11-4-16)32(2,29)30/h3-12,14-15H,13H2,1-2H3,(H,26,28). The summed E-state index contributed by atoms with van der Waals surface area (Å²) in [4.78, 5) is 21.8. The zero-order chi connectivity index (χ0) is 22.7. The van der Waals surface area contributed by atoms with Gasteiger partial charge in [0.05, 0.1) is 17.5 Å². The number of pyridine rings is 2. The van der Waals surface area contributed by atoms with Crippen LogP contribution in [0.5, 0.6) is 5.75 Å². The van der Waals surface area contributed by atoms with Crippen LogP contribution in [0, 0.1) is 0 Å². The average Bonchev–Trinajstić information content (AvgIpc) is 2.81. The van der Waals surface area contributed by atoms with E-state index in [9.17, 15) is 13.2 Å². The molecular weight excluding hydrogens is 426 g/mol. The van der Waals surface area contributed by atoms with Crippen LogP contribution in [0.1, 0.15) is 16.1 Å². The number of aromatic nitrogens is 2. The Morgan fingerprint density at radius 3 is 2.34 bits per heavy atom. The van der Waals surface area contributed by atoms with Gasteiger partial charge in [0.2, 0.25) is 0 Å². The Kier molecular flexibility index (Phi) is 5.87. The minimum absolute atomic E-state index is 0.239. The first-order valence-corrected chi connectivity index (χ1v) is 11.7. The fraction of sp³-hybridized carbons (Fsp3) is 0.125. The van der Waals surface area contributed by atoms with E-state index in [1.807, 2.05) is 30.3 Å². The molecule has 0 atom stereocenters. The largest absolute Gasteiger partial charge is 0.497 e. The molecule has 0 aliphatic rings. The number of nitrogens with one attached hydrogen (secondary N) is 1. The second-order valence-corrected chi connectivity index (χ2v) is 9.30. The normalized spacial score (nSPS) is 11.3. The summed E-state index contributed by atoms with van der Waals surface area (Å²) in [5.41, 5.74) is 3.48. The van der Waals surface area contributed by atoms with Crippen molar-refractivity contribution in [2.24, 2.45) is 0 Å². The van der Waals surface area contributed by atoms with E-state index in [1.165, 1.54) is 12.1 Å². The first kappa shape index (κ1) is 21.5. The summed E-state index contributed by atoms with van der Waals surface area (Å²) in [6.07, 6.45) is 4.59. The van der Waals surface area contributed by atoms with E-state index in [-0.39, 0.29) is 23.0 Å². The van der Waals surface area contributed by atoms with Crippen LogP contribution in [-0.4, -0.2) is 37.7 Å². The highest BCUT2D eigenvalue weighted by Crippen LogP contribution is 2.28. The van der Waals surface area contributed by atoms with Gasteiger partial charge < -0.3 is 10.1 Å². The zero-order valence-electron chi connectivity index (χ0n) is 17.6. The lowest BCUT2D eigenvalue weighted by Gasteiger charge is -2.09. The zero-order valence-corrected chi connectivity index (χ0v) is 18.4. The van der Waals surface area contributed by atoms with Crippen molar-refractivity contribution in [3.8, 4) is 16.9 Å². The Morgan fingerprint density at radius 2 is 1.69 bits per heavy atom. The number of amides is 1. The van der Waals surface area contributed by atoms with Gasteiger partial charge in [0.15, 0.2) is 9.84 Å². The van der Waals surface area contributed by atoms with Crippen LogP contribution >= 0.6 is 0 Å². The molecule has 0 radical (unpaired) electrons. The maximum atomic E-state index is 12.7. The molecule has 0 fully saturated rings. The molecule has 32 heavy (non-hydrogen) atoms. The second-order valence-electron chi connectivity index (χ2n) is 7.28. The van der Waals surface area contributed by atoms with Gasteiger partial charge in [-0.2, -0.15) is 0 Å². The van der Waals surface area contributed by atoms with Gasteiger partial charge in [0, 0.05) is 36.1 Å². The van der Waals surface area contributed by atoms with Gasteiger partial charge in [-0.25, -0.2) is 13.4 Å². The number of benzene rings is 2. The van der Waals surface area contributed by atoms with Crippen molar-refractivity contribution in [2.75, 3.05) is 13.4 Å². The smallest absolute Gasteiger partial charge is 0.270 e. The summed E-state index contributed by atoms with van der Waals surface area (Å²) in [7, 11) is -1.64. The molecule has 0 saturated heterocycles. The van der Waals surface area contributed by atoms with Gasteiger partial charge in [-0.15, -0.1) is 0 Å². The van der Waals surface area contributed by atoms with E-state index in [0.29, 0.717) is 5.52 Å². The highest BCUT2D eigenvalue weighted by Gasteiger charge is 2.12. The van der Waals surface area contributed by atoms with Crippen molar-refractivity contribution in [2.45, 2.75) is 11.4 Å². The molecule has 7 nitrogen and oxygen atoms in total. The number of carbonyl (C=O) groups is 1. The van der Waals surface area contributed by atoms with Gasteiger partial charge in [0.25, 0.3) is 5.91 Å². The summed E-state index contributed by atoms with van der Waals surface area (Å²) in [6, 6.07) is 17.4. The predicted molar refractivity (Wildman–Crippen MR) is 122 cm³/mol. The van der Waals surface area contributed by atoms with Crippen LogP contribution in [0.3, 0.4) is 0 Å². The van der Waals surface area contributed by atoms with Crippen LogP contribution in [0.15, 0.2) is 78.0 Å². The fourth-order valence-corrected chi connectivity index (χ4v) is 3.91. The lowest BCUT2D eigenvalue weighted by atomic mass is 10.0. The minimum atomic E-state index is -3.26. The molecule has 4 aromatic rings. The maximum absolute atomic E-state index is 12.7. The van der Waals surface area contributed by atoms with Gasteiger partial charge in [0.1, 0.15) is 11.4 Å². The van der Waals surface area contributed by atoms with Crippen molar-refractivity contribution in [3.63, 3.8) is 0 Å². The van der Waals surface area contributed by atoms with Gasteiger partial charge >= 0.3 is 0 Å². The molecule has 0 spiro atoms. The van der Waals surface area contributed by atoms with Crippen molar-refractivity contribution < 1.29 is 17.9 Å². The van der Waals surface area contributed by atoms with Crippen LogP contribution in [0.2, 0.25) is 0 Å². The van der Waals surface area contributed by atoms with Crippen molar-refractivity contribution >= 4 is 26.6 Å². The van der Waals surface area contributed by atoms with E-state index in [4.69, 9.17) is 4.74 Å². The first-order chi connectivity index (χ1) is 15.3. The molecule has 4 rings (SSSR count). The average molecular weight is 448 g/mol. The van der Waals surface area contributed by atoms with Gasteiger partial charge in [-0.1, -0.05) is 24.3 Å². The lowest BCUT2D eigenvalue weighted by Crippen LogP contribution is -2.23. The topological polar surface area (TPSA) is 98.2 Å². The van der Waals surface area contributed by atoms with Crippen molar-refractivity contribution in [3.05, 3.63) is 84.3 Å². The number of nitrogens with zero attached hydrogens (tertiary/aromatic N) is 2. The highest BCUT2D eigenvalue weighted by molar-refractivity contribution is 7.90. The maximum Gasteiger partial charge on any atom is 0.270 e. The Hall–Kier alpha value is -3.78. The van der Waals surface area contributed by atoms with Gasteiger partial charge in [-0.05, 0) is 47.5 Å². The molecule has 0 aliphatic carbocycles. The third-order valence-electron chi connectivity index (χ3n) is 5.04. The van der Waals surface area contributed by atoms with Crippen LogP contribution in [0.25, 0.3) is 22.0 Å². The minimum Gasteiger partial charge on any atom is -0.497 e.